The summed E-state index contributed by atoms with van der Waals surface area (Å²) in [5.74, 6) is 4.88. The van der Waals surface area contributed by atoms with Crippen molar-refractivity contribution in [3.8, 4) is 6.07 Å². The second-order valence-corrected chi connectivity index (χ2v) is 3.48. The second-order valence-electron chi connectivity index (χ2n) is 3.48. The highest BCUT2D eigenvalue weighted by molar-refractivity contribution is 5.91. The predicted molar refractivity (Wildman–Crippen MR) is 61.9 cm³/mol. The zero-order valence-corrected chi connectivity index (χ0v) is 9.37. The molecule has 0 unspecified atom stereocenters. The summed E-state index contributed by atoms with van der Waals surface area (Å²) in [6, 6.07) is 6.99. The van der Waals surface area contributed by atoms with Gasteiger partial charge in [-0.3, -0.25) is 10.2 Å². The van der Waals surface area contributed by atoms with E-state index in [-0.39, 0.29) is 5.69 Å². The quantitative estimate of drug-likeness (QED) is 0.440. The summed E-state index contributed by atoms with van der Waals surface area (Å²) in [6.45, 7) is 0.370. The van der Waals surface area contributed by atoms with Crippen LogP contribution in [0.2, 0.25) is 0 Å². The third-order valence-corrected chi connectivity index (χ3v) is 2.32. The van der Waals surface area contributed by atoms with Gasteiger partial charge in [0.2, 0.25) is 5.82 Å². The summed E-state index contributed by atoms with van der Waals surface area (Å²) < 4.78 is 1.65. The number of carbonyl (C=O) groups excluding carboxylic acids is 1. The van der Waals surface area contributed by atoms with Gasteiger partial charge in [0.1, 0.15) is 11.8 Å². The van der Waals surface area contributed by atoms with Crippen LogP contribution in [0.15, 0.2) is 30.6 Å². The third-order valence-electron chi connectivity index (χ3n) is 2.32. The minimum absolute atomic E-state index is 0.230. The van der Waals surface area contributed by atoms with Crippen molar-refractivity contribution in [3.63, 3.8) is 0 Å². The number of amides is 1. The first-order chi connectivity index (χ1) is 8.74. The van der Waals surface area contributed by atoms with E-state index in [1.807, 2.05) is 11.5 Å². The standard InChI is InChI=1S/C11H10N6O/c12-6-10-14-4-5-17(10)7-8-2-1-3-9(15-8)11(18)16-13/h1-5H,7,13H2,(H,16,18). The van der Waals surface area contributed by atoms with Gasteiger partial charge in [-0.25, -0.2) is 15.8 Å². The van der Waals surface area contributed by atoms with Gasteiger partial charge in [-0.1, -0.05) is 6.07 Å². The molecule has 0 fully saturated rings. The van der Waals surface area contributed by atoms with Crippen molar-refractivity contribution >= 4 is 5.91 Å². The summed E-state index contributed by atoms with van der Waals surface area (Å²) in [4.78, 5) is 19.3. The number of nitrogen functional groups attached to an aromatic ring is 1. The van der Waals surface area contributed by atoms with Crippen molar-refractivity contribution < 1.29 is 4.79 Å². The molecule has 0 spiro atoms. The van der Waals surface area contributed by atoms with Crippen molar-refractivity contribution in [1.29, 1.82) is 5.26 Å². The van der Waals surface area contributed by atoms with Crippen molar-refractivity contribution in [2.75, 3.05) is 0 Å². The van der Waals surface area contributed by atoms with Gasteiger partial charge in [-0.2, -0.15) is 5.26 Å². The first kappa shape index (κ1) is 11.8. The van der Waals surface area contributed by atoms with Crippen molar-refractivity contribution in [1.82, 2.24) is 20.0 Å². The molecule has 7 nitrogen and oxygen atoms in total. The van der Waals surface area contributed by atoms with Gasteiger partial charge in [-0.05, 0) is 12.1 Å². The smallest absolute Gasteiger partial charge is 0.283 e. The lowest BCUT2D eigenvalue weighted by Gasteiger charge is -2.05. The van der Waals surface area contributed by atoms with E-state index in [9.17, 15) is 4.79 Å². The molecule has 2 heterocycles. The Labute approximate surface area is 103 Å². The molecule has 2 aromatic rings. The molecule has 0 saturated heterocycles. The van der Waals surface area contributed by atoms with E-state index in [1.54, 1.807) is 29.0 Å². The molecule has 0 aliphatic rings. The van der Waals surface area contributed by atoms with Gasteiger partial charge in [0, 0.05) is 12.4 Å². The van der Waals surface area contributed by atoms with Crippen molar-refractivity contribution in [2.45, 2.75) is 6.54 Å². The highest BCUT2D eigenvalue weighted by Gasteiger charge is 2.07. The predicted octanol–water partition coefficient (Wildman–Crippen LogP) is -0.198. The van der Waals surface area contributed by atoms with Crippen LogP contribution >= 0.6 is 0 Å². The maximum absolute atomic E-state index is 11.3. The second kappa shape index (κ2) is 5.07. The van der Waals surface area contributed by atoms with Crippen LogP contribution in [0, 0.1) is 11.3 Å². The normalized spacial score (nSPS) is 9.78. The fraction of sp³-hybridized carbons (Fsp3) is 0.0909. The van der Waals surface area contributed by atoms with Gasteiger partial charge in [0.05, 0.1) is 12.2 Å². The molecular weight excluding hydrogens is 232 g/mol. The van der Waals surface area contributed by atoms with E-state index in [0.717, 1.165) is 0 Å². The Balaban J connectivity index is 2.25. The third kappa shape index (κ3) is 2.34. The number of rotatable bonds is 3. The van der Waals surface area contributed by atoms with E-state index < -0.39 is 5.91 Å². The number of nitrogens with zero attached hydrogens (tertiary/aromatic N) is 4. The van der Waals surface area contributed by atoms with Crippen LogP contribution in [0.25, 0.3) is 0 Å². The molecule has 0 aliphatic carbocycles. The Bertz CT molecular complexity index is 612. The number of carbonyl (C=O) groups is 1. The van der Waals surface area contributed by atoms with Crippen molar-refractivity contribution in [3.05, 3.63) is 47.8 Å². The lowest BCUT2D eigenvalue weighted by molar-refractivity contribution is 0.0948. The van der Waals surface area contributed by atoms with E-state index in [1.165, 1.54) is 6.20 Å². The Hall–Kier alpha value is -2.72. The van der Waals surface area contributed by atoms with Crippen LogP contribution < -0.4 is 11.3 Å². The maximum atomic E-state index is 11.3. The summed E-state index contributed by atoms with van der Waals surface area (Å²) in [6.07, 6.45) is 3.21. The minimum Gasteiger partial charge on any atom is -0.317 e. The highest BCUT2D eigenvalue weighted by Crippen LogP contribution is 2.04. The molecule has 2 rings (SSSR count). The molecule has 0 bridgehead atoms. The average molecular weight is 242 g/mol. The van der Waals surface area contributed by atoms with Gasteiger partial charge in [-0.15, -0.1) is 0 Å². The molecule has 7 heteroatoms. The lowest BCUT2D eigenvalue weighted by Crippen LogP contribution is -2.30. The first-order valence-electron chi connectivity index (χ1n) is 5.12. The van der Waals surface area contributed by atoms with E-state index >= 15 is 0 Å². The fourth-order valence-electron chi connectivity index (χ4n) is 1.49. The van der Waals surface area contributed by atoms with Crippen LogP contribution in [0.5, 0.6) is 0 Å². The molecular formula is C11H10N6O. The minimum atomic E-state index is -0.456. The van der Waals surface area contributed by atoms with Gasteiger partial charge < -0.3 is 4.57 Å². The molecule has 2 aromatic heterocycles. The Morgan fingerprint density at radius 2 is 2.39 bits per heavy atom. The van der Waals surface area contributed by atoms with Gasteiger partial charge in [0.25, 0.3) is 5.91 Å². The summed E-state index contributed by atoms with van der Waals surface area (Å²) in [5.41, 5.74) is 2.89. The molecule has 0 radical (unpaired) electrons. The maximum Gasteiger partial charge on any atom is 0.283 e. The molecule has 0 saturated carbocycles. The SMILES string of the molecule is N#Cc1nccn1Cc1cccc(C(=O)NN)n1. The number of hydrogen-bond donors (Lipinski definition) is 2. The number of nitrogens with two attached hydrogens (primary N) is 1. The van der Waals surface area contributed by atoms with Crippen LogP contribution in [0.1, 0.15) is 22.0 Å². The molecule has 1 amide bonds. The largest absolute Gasteiger partial charge is 0.317 e. The molecule has 0 aromatic carbocycles. The summed E-state index contributed by atoms with van der Waals surface area (Å²) in [5, 5.41) is 8.83. The Morgan fingerprint density at radius 3 is 3.11 bits per heavy atom. The molecule has 3 N–H and O–H groups in total. The number of nitrogens with one attached hydrogen (secondary N) is 1. The number of pyridine rings is 1. The number of imidazole rings is 1. The number of nitriles is 1. The average Bonchev–Trinajstić information content (AvgIpc) is 2.85. The topological polar surface area (TPSA) is 110 Å². The first-order valence-corrected chi connectivity index (χ1v) is 5.12. The molecule has 0 aliphatic heterocycles. The van der Waals surface area contributed by atoms with E-state index in [2.05, 4.69) is 9.97 Å². The Morgan fingerprint density at radius 1 is 1.56 bits per heavy atom. The zero-order chi connectivity index (χ0) is 13.0. The lowest BCUT2D eigenvalue weighted by atomic mass is 10.3. The van der Waals surface area contributed by atoms with Gasteiger partial charge >= 0.3 is 0 Å². The monoisotopic (exact) mass is 242 g/mol. The van der Waals surface area contributed by atoms with Crippen LogP contribution in [0.3, 0.4) is 0 Å². The molecule has 0 atom stereocenters. The molecule has 90 valence electrons. The summed E-state index contributed by atoms with van der Waals surface area (Å²) in [7, 11) is 0. The number of hydrogen-bond acceptors (Lipinski definition) is 5. The summed E-state index contributed by atoms with van der Waals surface area (Å²) >= 11 is 0. The van der Waals surface area contributed by atoms with Crippen LogP contribution in [0.4, 0.5) is 0 Å². The van der Waals surface area contributed by atoms with Gasteiger partial charge in [0.15, 0.2) is 0 Å². The van der Waals surface area contributed by atoms with E-state index in [0.29, 0.717) is 18.1 Å². The molecule has 18 heavy (non-hydrogen) atoms. The fourth-order valence-corrected chi connectivity index (χ4v) is 1.49. The number of hydrazine groups is 1. The van der Waals surface area contributed by atoms with E-state index in [4.69, 9.17) is 11.1 Å². The van der Waals surface area contributed by atoms with Crippen LogP contribution in [-0.2, 0) is 6.54 Å². The van der Waals surface area contributed by atoms with Crippen molar-refractivity contribution in [2.24, 2.45) is 5.84 Å². The highest BCUT2D eigenvalue weighted by atomic mass is 16.2. The zero-order valence-electron chi connectivity index (χ0n) is 9.37. The Kier molecular flexibility index (Phi) is 3.31. The van der Waals surface area contributed by atoms with Crippen LogP contribution in [-0.4, -0.2) is 20.4 Å². The number of aromatic nitrogens is 3.